The van der Waals surface area contributed by atoms with Gasteiger partial charge in [-0.2, -0.15) is 0 Å². The monoisotopic (exact) mass is 551 g/mol. The van der Waals surface area contributed by atoms with E-state index in [1.165, 1.54) is 29.7 Å². The number of anilines is 2. The average Bonchev–Trinajstić information content (AvgIpc) is 3.48. The van der Waals surface area contributed by atoms with Gasteiger partial charge in [0.2, 0.25) is 5.91 Å². The number of carbonyl (C=O) groups excluding carboxylic acids is 1. The maximum atomic E-state index is 13.4. The van der Waals surface area contributed by atoms with Crippen LogP contribution in [0.5, 0.6) is 0 Å². The molecule has 1 aromatic heterocycles. The van der Waals surface area contributed by atoms with E-state index < -0.39 is 10.0 Å². The van der Waals surface area contributed by atoms with Crippen LogP contribution in [-0.4, -0.2) is 32.5 Å². The highest BCUT2D eigenvalue weighted by Gasteiger charge is 2.40. The maximum Gasteiger partial charge on any atom is 0.263 e. The predicted molar refractivity (Wildman–Crippen MR) is 138 cm³/mol. The molecule has 2 fully saturated rings. The summed E-state index contributed by atoms with van der Waals surface area (Å²) in [6.45, 7) is 1.17. The molecular formula is C24H23Cl2N3O4S2. The first-order chi connectivity index (χ1) is 16.8. The normalized spacial score (nSPS) is 23.0. The lowest BCUT2D eigenvalue weighted by atomic mass is 9.81. The number of sulfonamides is 1. The molecule has 2 saturated heterocycles. The van der Waals surface area contributed by atoms with Gasteiger partial charge in [-0.25, -0.2) is 13.4 Å². The van der Waals surface area contributed by atoms with Gasteiger partial charge in [0, 0.05) is 46.4 Å². The molecule has 2 aliphatic heterocycles. The Kier molecular flexibility index (Phi) is 7.05. The fraction of sp³-hybridized carbons (Fsp3) is 0.333. The summed E-state index contributed by atoms with van der Waals surface area (Å²) in [6.07, 6.45) is 3.67. The Morgan fingerprint density at radius 2 is 1.83 bits per heavy atom. The Balaban J connectivity index is 1.27. The predicted octanol–water partition coefficient (Wildman–Crippen LogP) is 5.77. The number of nitrogens with zero attached hydrogens (tertiary/aromatic N) is 2. The highest BCUT2D eigenvalue weighted by molar-refractivity contribution is 7.93. The number of rotatable bonds is 6. The minimum atomic E-state index is -3.74. The molecule has 0 bridgehead atoms. The molecule has 3 heterocycles. The number of halogens is 2. The standard InChI is InChI=1S/C24H23Cl2N3O4S2/c25-17-11-16(12-18(26)14-17)22-13-15(6-9-33-22)21-5-8-29(23(21)30)19-1-3-20(4-2-19)35(31,32)28-24-27-7-10-34-24/h1-4,7,10-12,14-15,21-22H,5-6,8-9,13H2,(H,27,28)/t15?,21-,22-/m1/s1. The molecular weight excluding hydrogens is 529 g/mol. The summed E-state index contributed by atoms with van der Waals surface area (Å²) >= 11 is 13.6. The molecule has 2 aliphatic rings. The Labute approximate surface area is 218 Å². The van der Waals surface area contributed by atoms with E-state index in [0.29, 0.717) is 34.0 Å². The van der Waals surface area contributed by atoms with Crippen molar-refractivity contribution in [3.8, 4) is 0 Å². The van der Waals surface area contributed by atoms with Crippen molar-refractivity contribution < 1.29 is 17.9 Å². The molecule has 0 spiro atoms. The minimum Gasteiger partial charge on any atom is -0.374 e. The third-order valence-electron chi connectivity index (χ3n) is 6.51. The number of carbonyl (C=O) groups is 1. The van der Waals surface area contributed by atoms with Gasteiger partial charge in [-0.05, 0) is 73.2 Å². The Hall–Kier alpha value is -2.17. The number of thiazole rings is 1. The molecule has 1 N–H and O–H groups in total. The van der Waals surface area contributed by atoms with Crippen LogP contribution in [0.25, 0.3) is 0 Å². The van der Waals surface area contributed by atoms with Gasteiger partial charge in [0.25, 0.3) is 10.0 Å². The molecule has 35 heavy (non-hydrogen) atoms. The maximum absolute atomic E-state index is 13.4. The minimum absolute atomic E-state index is 0.0660. The summed E-state index contributed by atoms with van der Waals surface area (Å²) < 4.78 is 33.6. The molecule has 3 atom stereocenters. The smallest absolute Gasteiger partial charge is 0.263 e. The summed E-state index contributed by atoms with van der Waals surface area (Å²) in [5.74, 6) is 0.147. The molecule has 1 unspecified atom stereocenters. The van der Waals surface area contributed by atoms with Crippen molar-refractivity contribution in [1.29, 1.82) is 0 Å². The summed E-state index contributed by atoms with van der Waals surface area (Å²) in [7, 11) is -3.74. The lowest BCUT2D eigenvalue weighted by Crippen LogP contribution is -2.33. The van der Waals surface area contributed by atoms with Crippen molar-refractivity contribution in [1.82, 2.24) is 4.98 Å². The van der Waals surface area contributed by atoms with Gasteiger partial charge in [0.1, 0.15) is 0 Å². The molecule has 2 aromatic carbocycles. The van der Waals surface area contributed by atoms with Crippen molar-refractivity contribution in [3.63, 3.8) is 0 Å². The number of aromatic nitrogens is 1. The molecule has 11 heteroatoms. The van der Waals surface area contributed by atoms with Crippen LogP contribution in [0.2, 0.25) is 10.0 Å². The van der Waals surface area contributed by atoms with Crippen LogP contribution in [0.15, 0.2) is 58.9 Å². The second kappa shape index (κ2) is 10.1. The zero-order valence-electron chi connectivity index (χ0n) is 18.6. The zero-order chi connectivity index (χ0) is 24.6. The van der Waals surface area contributed by atoms with Crippen molar-refractivity contribution in [2.24, 2.45) is 11.8 Å². The van der Waals surface area contributed by atoms with E-state index in [-0.39, 0.29) is 28.7 Å². The van der Waals surface area contributed by atoms with E-state index in [2.05, 4.69) is 9.71 Å². The molecule has 1 amide bonds. The fourth-order valence-corrected chi connectivity index (χ4v) is 7.16. The lowest BCUT2D eigenvalue weighted by molar-refractivity contribution is -0.123. The van der Waals surface area contributed by atoms with Crippen molar-refractivity contribution in [2.75, 3.05) is 22.8 Å². The first-order valence-corrected chi connectivity index (χ1v) is 14.3. The van der Waals surface area contributed by atoms with E-state index in [1.54, 1.807) is 28.5 Å². The average molecular weight is 553 g/mol. The quantitative estimate of drug-likeness (QED) is 0.420. The Morgan fingerprint density at radius 1 is 1.09 bits per heavy atom. The van der Waals surface area contributed by atoms with Crippen molar-refractivity contribution in [2.45, 2.75) is 30.3 Å². The Morgan fingerprint density at radius 3 is 2.51 bits per heavy atom. The molecule has 0 radical (unpaired) electrons. The van der Waals surface area contributed by atoms with Crippen LogP contribution in [0, 0.1) is 11.8 Å². The lowest BCUT2D eigenvalue weighted by Gasteiger charge is -2.33. The highest BCUT2D eigenvalue weighted by atomic mass is 35.5. The van der Waals surface area contributed by atoms with Gasteiger partial charge in [0.15, 0.2) is 5.13 Å². The highest BCUT2D eigenvalue weighted by Crippen LogP contribution is 2.41. The first kappa shape index (κ1) is 24.5. The number of ether oxygens (including phenoxy) is 1. The number of hydrogen-bond acceptors (Lipinski definition) is 6. The molecule has 5 rings (SSSR count). The van der Waals surface area contributed by atoms with E-state index in [4.69, 9.17) is 27.9 Å². The molecule has 0 aliphatic carbocycles. The first-order valence-electron chi connectivity index (χ1n) is 11.2. The topological polar surface area (TPSA) is 88.6 Å². The van der Waals surface area contributed by atoms with E-state index in [0.717, 1.165) is 24.8 Å². The van der Waals surface area contributed by atoms with Crippen molar-refractivity contribution in [3.05, 3.63) is 69.7 Å². The summed E-state index contributed by atoms with van der Waals surface area (Å²) in [4.78, 5) is 19.2. The van der Waals surface area contributed by atoms with Crippen LogP contribution in [0.4, 0.5) is 10.8 Å². The number of nitrogens with one attached hydrogen (secondary N) is 1. The summed E-state index contributed by atoms with van der Waals surface area (Å²) in [5.41, 5.74) is 1.62. The van der Waals surface area contributed by atoms with Gasteiger partial charge >= 0.3 is 0 Å². The third kappa shape index (κ3) is 5.34. The second-order valence-corrected chi connectivity index (χ2v) is 12.1. The number of benzene rings is 2. The van der Waals surface area contributed by atoms with Gasteiger partial charge in [0.05, 0.1) is 11.0 Å². The number of hydrogen-bond donors (Lipinski definition) is 1. The van der Waals surface area contributed by atoms with Crippen LogP contribution in [-0.2, 0) is 19.6 Å². The molecule has 7 nitrogen and oxygen atoms in total. The van der Waals surface area contributed by atoms with Crippen molar-refractivity contribution >= 4 is 61.3 Å². The molecule has 3 aromatic rings. The van der Waals surface area contributed by atoms with Gasteiger partial charge < -0.3 is 9.64 Å². The SMILES string of the molecule is O=C1[C@@H](C2CCO[C@@H](c3cc(Cl)cc(Cl)c3)C2)CCN1c1ccc(S(=O)(=O)Nc2nccs2)cc1. The number of amides is 1. The summed E-state index contributed by atoms with van der Waals surface area (Å²) in [5, 5.41) is 3.13. The van der Waals surface area contributed by atoms with Crippen LogP contribution >= 0.6 is 34.5 Å². The fourth-order valence-electron chi connectivity index (χ4n) is 4.83. The molecule has 0 saturated carbocycles. The van der Waals surface area contributed by atoms with Crippen LogP contribution in [0.3, 0.4) is 0 Å². The van der Waals surface area contributed by atoms with Crippen LogP contribution < -0.4 is 9.62 Å². The zero-order valence-corrected chi connectivity index (χ0v) is 21.7. The molecule has 184 valence electrons. The summed E-state index contributed by atoms with van der Waals surface area (Å²) in [6, 6.07) is 11.8. The van der Waals surface area contributed by atoms with Gasteiger partial charge in [-0.15, -0.1) is 11.3 Å². The van der Waals surface area contributed by atoms with Crippen LogP contribution in [0.1, 0.15) is 30.9 Å². The third-order valence-corrected chi connectivity index (χ3v) is 9.12. The van der Waals surface area contributed by atoms with E-state index >= 15 is 0 Å². The largest absolute Gasteiger partial charge is 0.374 e. The van der Waals surface area contributed by atoms with Gasteiger partial charge in [-0.1, -0.05) is 23.2 Å². The Bertz CT molecular complexity index is 1300. The van der Waals surface area contributed by atoms with E-state index in [1.807, 2.05) is 12.1 Å². The van der Waals surface area contributed by atoms with Gasteiger partial charge in [-0.3, -0.25) is 9.52 Å². The van der Waals surface area contributed by atoms with E-state index in [9.17, 15) is 13.2 Å². The second-order valence-electron chi connectivity index (χ2n) is 8.67.